The van der Waals surface area contributed by atoms with Crippen LogP contribution in [0.1, 0.15) is 24.1 Å². The Bertz CT molecular complexity index is 1100. The van der Waals surface area contributed by atoms with Gasteiger partial charge in [-0.3, -0.25) is 9.59 Å². The smallest absolute Gasteiger partial charge is 0.244 e. The number of hydrogen-bond donors (Lipinski definition) is 1. The molecule has 1 heterocycles. The molecule has 1 unspecified atom stereocenters. The summed E-state index contributed by atoms with van der Waals surface area (Å²) >= 11 is 1.23. The summed E-state index contributed by atoms with van der Waals surface area (Å²) < 4.78 is 15.5. The molecule has 0 aliphatic heterocycles. The largest absolute Gasteiger partial charge is 0.368 e. The molecule has 3 aromatic rings. The molecule has 0 spiro atoms. The van der Waals surface area contributed by atoms with Crippen LogP contribution in [0.25, 0.3) is 11.4 Å². The van der Waals surface area contributed by atoms with Crippen molar-refractivity contribution in [1.29, 1.82) is 0 Å². The van der Waals surface area contributed by atoms with Gasteiger partial charge in [0.1, 0.15) is 11.9 Å². The Morgan fingerprint density at radius 3 is 2.58 bits per heavy atom. The van der Waals surface area contributed by atoms with Gasteiger partial charge in [0, 0.05) is 19.2 Å². The van der Waals surface area contributed by atoms with Crippen LogP contribution in [0.15, 0.2) is 53.7 Å². The number of carbonyl (C=O) groups is 2. The van der Waals surface area contributed by atoms with Gasteiger partial charge in [0.15, 0.2) is 11.0 Å². The van der Waals surface area contributed by atoms with Gasteiger partial charge in [-0.15, -0.1) is 10.2 Å². The SMILES string of the molecule is CCn1c(SCC(=O)N(C)C(C(N)=O)c2cccc(F)c2)nnc1-c1ccccc1C. The molecule has 0 aliphatic carbocycles. The highest BCUT2D eigenvalue weighted by molar-refractivity contribution is 7.99. The van der Waals surface area contributed by atoms with Gasteiger partial charge in [0.2, 0.25) is 11.8 Å². The summed E-state index contributed by atoms with van der Waals surface area (Å²) in [4.78, 5) is 26.0. The van der Waals surface area contributed by atoms with E-state index in [0.717, 1.165) is 17.0 Å². The zero-order chi connectivity index (χ0) is 22.5. The Morgan fingerprint density at radius 2 is 1.94 bits per heavy atom. The van der Waals surface area contributed by atoms with E-state index in [2.05, 4.69) is 10.2 Å². The number of rotatable bonds is 8. The molecule has 0 saturated carbocycles. The first-order valence-electron chi connectivity index (χ1n) is 9.76. The van der Waals surface area contributed by atoms with Crippen LogP contribution in [0, 0.1) is 12.7 Å². The predicted molar refractivity (Wildman–Crippen MR) is 118 cm³/mol. The van der Waals surface area contributed by atoms with Crippen molar-refractivity contribution in [1.82, 2.24) is 19.7 Å². The highest BCUT2D eigenvalue weighted by atomic mass is 32.2. The van der Waals surface area contributed by atoms with Crippen molar-refractivity contribution in [3.63, 3.8) is 0 Å². The third-order valence-electron chi connectivity index (χ3n) is 4.96. The number of halogens is 1. The number of thioether (sulfide) groups is 1. The second-order valence-corrected chi connectivity index (χ2v) is 7.96. The topological polar surface area (TPSA) is 94.1 Å². The number of nitrogens with two attached hydrogens (primary N) is 1. The normalized spacial score (nSPS) is 11.9. The molecule has 1 atom stereocenters. The molecule has 31 heavy (non-hydrogen) atoms. The summed E-state index contributed by atoms with van der Waals surface area (Å²) in [7, 11) is 1.48. The van der Waals surface area contributed by atoms with Crippen LogP contribution in [-0.4, -0.2) is 44.3 Å². The maximum absolute atomic E-state index is 13.6. The first-order chi connectivity index (χ1) is 14.8. The summed E-state index contributed by atoms with van der Waals surface area (Å²) in [5, 5.41) is 9.16. The lowest BCUT2D eigenvalue weighted by atomic mass is 10.0. The highest BCUT2D eigenvalue weighted by Gasteiger charge is 2.27. The standard InChI is InChI=1S/C22H24FN5O2S/c1-4-28-21(17-11-6-5-8-14(17)2)25-26-22(28)31-13-18(29)27(3)19(20(24)30)15-9-7-10-16(23)12-15/h5-12,19H,4,13H2,1-3H3,(H2,24,30). The number of amides is 2. The molecule has 0 radical (unpaired) electrons. The zero-order valence-corrected chi connectivity index (χ0v) is 18.4. The van der Waals surface area contributed by atoms with E-state index in [1.54, 1.807) is 6.07 Å². The molecule has 162 valence electrons. The average Bonchev–Trinajstić information content (AvgIpc) is 3.14. The zero-order valence-electron chi connectivity index (χ0n) is 17.6. The molecule has 7 nitrogen and oxygen atoms in total. The van der Waals surface area contributed by atoms with Crippen LogP contribution in [0.2, 0.25) is 0 Å². The second kappa shape index (κ2) is 9.74. The number of aromatic nitrogens is 3. The van der Waals surface area contributed by atoms with Gasteiger partial charge in [-0.2, -0.15) is 0 Å². The van der Waals surface area contributed by atoms with Gasteiger partial charge >= 0.3 is 0 Å². The third-order valence-corrected chi connectivity index (χ3v) is 5.91. The number of carbonyl (C=O) groups excluding carboxylic acids is 2. The Balaban J connectivity index is 1.77. The van der Waals surface area contributed by atoms with Crippen LogP contribution < -0.4 is 5.73 Å². The summed E-state index contributed by atoms with van der Waals surface area (Å²) in [6.45, 7) is 4.62. The fourth-order valence-electron chi connectivity index (χ4n) is 3.33. The third kappa shape index (κ3) is 4.93. The van der Waals surface area contributed by atoms with Crippen molar-refractivity contribution in [2.45, 2.75) is 31.6 Å². The number of hydrogen-bond acceptors (Lipinski definition) is 5. The molecule has 2 aromatic carbocycles. The quantitative estimate of drug-likeness (QED) is 0.542. The van der Waals surface area contributed by atoms with Gasteiger partial charge < -0.3 is 15.2 Å². The molecule has 0 aliphatic rings. The van der Waals surface area contributed by atoms with Crippen molar-refractivity contribution < 1.29 is 14.0 Å². The Kier molecular flexibility index (Phi) is 7.06. The van der Waals surface area contributed by atoms with Crippen molar-refractivity contribution in [3.8, 4) is 11.4 Å². The summed E-state index contributed by atoms with van der Waals surface area (Å²) in [6.07, 6.45) is 0. The van der Waals surface area contributed by atoms with Crippen LogP contribution in [0.4, 0.5) is 4.39 Å². The van der Waals surface area contributed by atoms with Gasteiger partial charge in [0.25, 0.3) is 0 Å². The minimum Gasteiger partial charge on any atom is -0.368 e. The molecular weight excluding hydrogens is 417 g/mol. The van der Waals surface area contributed by atoms with E-state index in [4.69, 9.17) is 5.73 Å². The number of likely N-dealkylation sites (N-methyl/N-ethyl adjacent to an activating group) is 1. The van der Waals surface area contributed by atoms with E-state index in [0.29, 0.717) is 17.3 Å². The minimum atomic E-state index is -1.06. The minimum absolute atomic E-state index is 0.0293. The van der Waals surface area contributed by atoms with Gasteiger partial charge in [-0.25, -0.2) is 4.39 Å². The number of benzene rings is 2. The van der Waals surface area contributed by atoms with Crippen molar-refractivity contribution in [3.05, 3.63) is 65.5 Å². The van der Waals surface area contributed by atoms with E-state index in [-0.39, 0.29) is 11.7 Å². The number of primary amides is 1. The average molecular weight is 442 g/mol. The fourth-order valence-corrected chi connectivity index (χ4v) is 4.26. The molecule has 0 bridgehead atoms. The molecule has 0 fully saturated rings. The summed E-state index contributed by atoms with van der Waals surface area (Å²) in [5.41, 5.74) is 7.89. The van der Waals surface area contributed by atoms with E-state index in [1.807, 2.05) is 42.7 Å². The molecule has 1 aromatic heterocycles. The second-order valence-electron chi connectivity index (χ2n) is 7.02. The molecule has 3 rings (SSSR count). The van der Waals surface area contributed by atoms with Crippen molar-refractivity contribution >= 4 is 23.6 Å². The first kappa shape index (κ1) is 22.5. The van der Waals surface area contributed by atoms with Crippen LogP contribution in [-0.2, 0) is 16.1 Å². The maximum atomic E-state index is 13.6. The van der Waals surface area contributed by atoms with Gasteiger partial charge in [0.05, 0.1) is 5.75 Å². The van der Waals surface area contributed by atoms with Crippen LogP contribution >= 0.6 is 11.8 Å². The molecule has 2 amide bonds. The lowest BCUT2D eigenvalue weighted by Crippen LogP contribution is -2.40. The number of aryl methyl sites for hydroxylation is 1. The maximum Gasteiger partial charge on any atom is 0.244 e. The first-order valence-corrected chi connectivity index (χ1v) is 10.7. The van der Waals surface area contributed by atoms with Crippen molar-refractivity contribution in [2.75, 3.05) is 12.8 Å². The summed E-state index contributed by atoms with van der Waals surface area (Å²) in [5.74, 6) is -0.801. The fraction of sp³-hybridized carbons (Fsp3) is 0.273. The Hall–Kier alpha value is -3.20. The van der Waals surface area contributed by atoms with Crippen LogP contribution in [0.5, 0.6) is 0 Å². The van der Waals surface area contributed by atoms with Crippen LogP contribution in [0.3, 0.4) is 0 Å². The van der Waals surface area contributed by atoms with Gasteiger partial charge in [-0.05, 0) is 37.1 Å². The van der Waals surface area contributed by atoms with Gasteiger partial charge in [-0.1, -0.05) is 48.2 Å². The van der Waals surface area contributed by atoms with E-state index in [1.165, 1.54) is 41.9 Å². The van der Waals surface area contributed by atoms with E-state index >= 15 is 0 Å². The Morgan fingerprint density at radius 1 is 1.19 bits per heavy atom. The predicted octanol–water partition coefficient (Wildman–Crippen LogP) is 3.19. The lowest BCUT2D eigenvalue weighted by Gasteiger charge is -2.26. The Labute approximate surface area is 184 Å². The van der Waals surface area contributed by atoms with E-state index in [9.17, 15) is 14.0 Å². The molecule has 9 heteroatoms. The summed E-state index contributed by atoms with van der Waals surface area (Å²) in [6, 6.07) is 12.3. The van der Waals surface area contributed by atoms with Crippen molar-refractivity contribution in [2.24, 2.45) is 5.73 Å². The lowest BCUT2D eigenvalue weighted by molar-refractivity contribution is -0.136. The van der Waals surface area contributed by atoms with E-state index < -0.39 is 17.8 Å². The molecule has 2 N–H and O–H groups in total. The number of nitrogens with zero attached hydrogens (tertiary/aromatic N) is 4. The highest BCUT2D eigenvalue weighted by Crippen LogP contribution is 2.27. The monoisotopic (exact) mass is 441 g/mol. The molecule has 0 saturated heterocycles. The molecular formula is C22H24FN5O2S.